The molecule has 0 aliphatic carbocycles. The van der Waals surface area contributed by atoms with E-state index in [0.717, 1.165) is 4.90 Å². The molecule has 2 amide bonds. The van der Waals surface area contributed by atoms with Crippen LogP contribution in [0.4, 0.5) is 5.69 Å². The number of anilines is 1. The molecule has 0 saturated carbocycles. The molecule has 2 aliphatic heterocycles. The Morgan fingerprint density at radius 1 is 1.11 bits per heavy atom. The molecule has 140 valence electrons. The zero-order valence-corrected chi connectivity index (χ0v) is 15.4. The number of aliphatic carboxylic acids is 1. The van der Waals surface area contributed by atoms with Crippen LogP contribution in [-0.2, 0) is 10.3 Å². The first kappa shape index (κ1) is 18.1. The van der Waals surface area contributed by atoms with Crippen molar-refractivity contribution in [2.45, 2.75) is 18.4 Å². The number of aliphatic imine (C=N–C) groups is 1. The molecule has 6 nitrogen and oxygen atoms in total. The summed E-state index contributed by atoms with van der Waals surface area (Å²) >= 11 is 6.41. The Balaban J connectivity index is 1.77. The van der Waals surface area contributed by atoms with E-state index in [9.17, 15) is 14.4 Å². The van der Waals surface area contributed by atoms with Crippen LogP contribution in [0.25, 0.3) is 0 Å². The molecule has 4 rings (SSSR count). The summed E-state index contributed by atoms with van der Waals surface area (Å²) in [4.78, 5) is 42.2. The Morgan fingerprint density at radius 3 is 2.36 bits per heavy atom. The molecule has 1 atom stereocenters. The van der Waals surface area contributed by atoms with Gasteiger partial charge in [-0.3, -0.25) is 19.4 Å². The number of carbonyl (C=O) groups excluding carboxylic acids is 2. The second kappa shape index (κ2) is 6.73. The topological polar surface area (TPSA) is 87.0 Å². The van der Waals surface area contributed by atoms with Gasteiger partial charge in [-0.05, 0) is 42.8 Å². The maximum atomic E-state index is 12.8. The van der Waals surface area contributed by atoms with Gasteiger partial charge in [0.15, 0.2) is 0 Å². The van der Waals surface area contributed by atoms with Gasteiger partial charge in [0, 0.05) is 23.2 Å². The van der Waals surface area contributed by atoms with E-state index in [1.807, 2.05) is 0 Å². The number of carboxylic acids is 1. The molecule has 1 N–H and O–H groups in total. The fraction of sp³-hybridized carbons (Fsp3) is 0.143. The van der Waals surface area contributed by atoms with Gasteiger partial charge in [-0.1, -0.05) is 29.8 Å². The second-order valence-electron chi connectivity index (χ2n) is 6.61. The summed E-state index contributed by atoms with van der Waals surface area (Å²) in [5.41, 5.74) is 0.682. The van der Waals surface area contributed by atoms with Crippen LogP contribution < -0.4 is 4.90 Å². The Labute approximate surface area is 165 Å². The van der Waals surface area contributed by atoms with Crippen LogP contribution in [0.2, 0.25) is 5.02 Å². The van der Waals surface area contributed by atoms with Crippen LogP contribution in [0.1, 0.15) is 39.1 Å². The molecule has 0 aromatic heterocycles. The largest absolute Gasteiger partial charge is 0.481 e. The number of hydrogen-bond acceptors (Lipinski definition) is 4. The number of benzene rings is 2. The lowest BCUT2D eigenvalue weighted by Gasteiger charge is -2.27. The molecule has 0 bridgehead atoms. The lowest BCUT2D eigenvalue weighted by Crippen LogP contribution is -2.30. The smallest absolute Gasteiger partial charge is 0.303 e. The quantitative estimate of drug-likeness (QED) is 0.780. The maximum absolute atomic E-state index is 12.8. The lowest BCUT2D eigenvalue weighted by molar-refractivity contribution is -0.137. The van der Waals surface area contributed by atoms with Crippen molar-refractivity contribution in [3.63, 3.8) is 0 Å². The minimum Gasteiger partial charge on any atom is -0.481 e. The predicted molar refractivity (Wildman–Crippen MR) is 105 cm³/mol. The monoisotopic (exact) mass is 394 g/mol. The highest BCUT2D eigenvalue weighted by atomic mass is 35.5. The van der Waals surface area contributed by atoms with E-state index in [1.165, 1.54) is 0 Å². The van der Waals surface area contributed by atoms with E-state index in [2.05, 4.69) is 4.99 Å². The van der Waals surface area contributed by atoms with Gasteiger partial charge in [-0.15, -0.1) is 0 Å². The van der Waals surface area contributed by atoms with E-state index in [1.54, 1.807) is 60.8 Å². The fourth-order valence-corrected chi connectivity index (χ4v) is 3.85. The van der Waals surface area contributed by atoms with Gasteiger partial charge < -0.3 is 5.11 Å². The molecule has 2 aliphatic rings. The number of allylic oxidation sites excluding steroid dienone is 1. The van der Waals surface area contributed by atoms with Gasteiger partial charge in [0.2, 0.25) is 0 Å². The van der Waals surface area contributed by atoms with Crippen molar-refractivity contribution in [3.8, 4) is 0 Å². The number of carboxylic acid groups (broad SMARTS) is 1. The van der Waals surface area contributed by atoms with Crippen molar-refractivity contribution in [1.29, 1.82) is 0 Å². The molecule has 0 fully saturated rings. The van der Waals surface area contributed by atoms with Crippen molar-refractivity contribution >= 4 is 41.3 Å². The Bertz CT molecular complexity index is 1030. The van der Waals surface area contributed by atoms with Crippen LogP contribution in [0.5, 0.6) is 0 Å². The number of halogens is 1. The number of imide groups is 1. The molecule has 0 saturated heterocycles. The highest BCUT2D eigenvalue weighted by Crippen LogP contribution is 2.41. The molecule has 2 aromatic rings. The molecular weight excluding hydrogens is 380 g/mol. The summed E-state index contributed by atoms with van der Waals surface area (Å²) in [6.45, 7) is 0. The lowest BCUT2D eigenvalue weighted by atomic mass is 9.86. The summed E-state index contributed by atoms with van der Waals surface area (Å²) in [5.74, 6) is -1.75. The first-order valence-electron chi connectivity index (χ1n) is 8.66. The van der Waals surface area contributed by atoms with Gasteiger partial charge in [-0.25, -0.2) is 4.90 Å². The zero-order chi connectivity index (χ0) is 19.9. The first-order valence-corrected chi connectivity index (χ1v) is 9.03. The average molecular weight is 395 g/mol. The van der Waals surface area contributed by atoms with Crippen LogP contribution >= 0.6 is 11.6 Å². The number of rotatable bonds is 5. The van der Waals surface area contributed by atoms with Crippen molar-refractivity contribution in [2.24, 2.45) is 4.99 Å². The predicted octanol–water partition coefficient (Wildman–Crippen LogP) is 3.84. The molecule has 2 heterocycles. The van der Waals surface area contributed by atoms with Crippen molar-refractivity contribution in [3.05, 3.63) is 76.3 Å². The third kappa shape index (κ3) is 2.82. The van der Waals surface area contributed by atoms with E-state index >= 15 is 0 Å². The molecule has 1 unspecified atom stereocenters. The number of amides is 2. The standard InChI is InChI=1S/C21H15ClN2O4/c22-17-7-6-13(24-19(27)14-4-1-2-5-15(14)20(24)28)12-16(17)21(9-3-11-23-21)10-8-18(25)26/h1-7,9,11-12H,8,10H2,(H,25,26). The summed E-state index contributed by atoms with van der Waals surface area (Å²) in [5, 5.41) is 9.48. The molecular formula is C21H15ClN2O4. The van der Waals surface area contributed by atoms with Crippen LogP contribution in [0.3, 0.4) is 0 Å². The number of fused-ring (bicyclic) bond motifs is 1. The SMILES string of the molecule is O=C(O)CCC1(c2cc(N3C(=O)c4ccccc4C3=O)ccc2Cl)C=CC=N1. The molecule has 0 spiro atoms. The van der Waals surface area contributed by atoms with E-state index in [4.69, 9.17) is 16.7 Å². The van der Waals surface area contributed by atoms with Crippen molar-refractivity contribution in [2.75, 3.05) is 4.90 Å². The summed E-state index contributed by atoms with van der Waals surface area (Å²) in [6, 6.07) is 11.5. The van der Waals surface area contributed by atoms with Gasteiger partial charge in [0.25, 0.3) is 11.8 Å². The van der Waals surface area contributed by atoms with Crippen molar-refractivity contribution in [1.82, 2.24) is 0 Å². The third-order valence-corrected chi connectivity index (χ3v) is 5.28. The van der Waals surface area contributed by atoms with E-state index in [0.29, 0.717) is 27.4 Å². The first-order chi connectivity index (χ1) is 13.4. The maximum Gasteiger partial charge on any atom is 0.303 e. The summed E-state index contributed by atoms with van der Waals surface area (Å²) in [6.07, 6.45) is 5.21. The van der Waals surface area contributed by atoms with Gasteiger partial charge in [0.05, 0.1) is 16.8 Å². The Morgan fingerprint density at radius 2 is 1.79 bits per heavy atom. The summed E-state index contributed by atoms with van der Waals surface area (Å²) in [7, 11) is 0. The second-order valence-corrected chi connectivity index (χ2v) is 7.02. The minimum absolute atomic E-state index is 0.102. The van der Waals surface area contributed by atoms with Crippen LogP contribution in [-0.4, -0.2) is 29.1 Å². The average Bonchev–Trinajstić information content (AvgIpc) is 3.26. The van der Waals surface area contributed by atoms with E-state index < -0.39 is 23.3 Å². The Hall–Kier alpha value is -3.25. The van der Waals surface area contributed by atoms with Crippen molar-refractivity contribution < 1.29 is 19.5 Å². The molecule has 7 heteroatoms. The summed E-state index contributed by atoms with van der Waals surface area (Å²) < 4.78 is 0. The van der Waals surface area contributed by atoms with Crippen LogP contribution in [0, 0.1) is 0 Å². The molecule has 28 heavy (non-hydrogen) atoms. The number of carbonyl (C=O) groups is 3. The molecule has 0 radical (unpaired) electrons. The number of nitrogens with zero attached hydrogens (tertiary/aromatic N) is 2. The fourth-order valence-electron chi connectivity index (χ4n) is 3.57. The Kier molecular flexibility index (Phi) is 4.35. The minimum atomic E-state index is -0.942. The highest BCUT2D eigenvalue weighted by Gasteiger charge is 2.38. The number of hydrogen-bond donors (Lipinski definition) is 1. The normalized spacial score (nSPS) is 20.1. The molecule has 2 aromatic carbocycles. The zero-order valence-electron chi connectivity index (χ0n) is 14.6. The van der Waals surface area contributed by atoms with Crippen LogP contribution in [0.15, 0.2) is 59.6 Å². The van der Waals surface area contributed by atoms with Gasteiger partial charge in [0.1, 0.15) is 5.54 Å². The van der Waals surface area contributed by atoms with E-state index in [-0.39, 0.29) is 12.8 Å². The highest BCUT2D eigenvalue weighted by molar-refractivity contribution is 6.35. The van der Waals surface area contributed by atoms with Gasteiger partial charge in [-0.2, -0.15) is 0 Å². The third-order valence-electron chi connectivity index (χ3n) is 4.95. The van der Waals surface area contributed by atoms with Gasteiger partial charge >= 0.3 is 5.97 Å².